The Bertz CT molecular complexity index is 1260. The van der Waals surface area contributed by atoms with Crippen LogP contribution in [0.4, 0.5) is 0 Å². The molecule has 0 aliphatic carbocycles. The van der Waals surface area contributed by atoms with Crippen molar-refractivity contribution in [1.82, 2.24) is 14.9 Å². The number of carbonyl (C=O) groups excluding carboxylic acids is 1. The van der Waals surface area contributed by atoms with Crippen LogP contribution in [0, 0.1) is 0 Å². The van der Waals surface area contributed by atoms with Crippen LogP contribution in [0.5, 0.6) is 5.75 Å². The number of carbonyl (C=O) groups is 1. The third-order valence-electron chi connectivity index (χ3n) is 6.33. The summed E-state index contributed by atoms with van der Waals surface area (Å²) >= 11 is 5.89. The minimum Gasteiger partial charge on any atom is -0.492 e. The van der Waals surface area contributed by atoms with Gasteiger partial charge in [-0.2, -0.15) is 0 Å². The fourth-order valence-corrected chi connectivity index (χ4v) is 4.39. The normalized spacial score (nSPS) is 11.2. The Hall–Kier alpha value is -3.31. The van der Waals surface area contributed by atoms with Crippen LogP contribution in [0.1, 0.15) is 60.8 Å². The molecule has 0 spiro atoms. The van der Waals surface area contributed by atoms with Gasteiger partial charge in [-0.3, -0.25) is 4.79 Å². The quantitative estimate of drug-likeness (QED) is 0.211. The van der Waals surface area contributed by atoms with Crippen molar-refractivity contribution < 1.29 is 9.53 Å². The number of unbranched alkanes of at least 4 members (excludes halogenated alkanes) is 2. The van der Waals surface area contributed by atoms with Gasteiger partial charge >= 0.3 is 0 Å². The van der Waals surface area contributed by atoms with Gasteiger partial charge < -0.3 is 14.6 Å². The van der Waals surface area contributed by atoms with Gasteiger partial charge in [0.15, 0.2) is 0 Å². The minimum absolute atomic E-state index is 0.0627. The zero-order valence-electron chi connectivity index (χ0n) is 21.0. The molecule has 188 valence electrons. The number of hydrogen-bond donors (Lipinski definition) is 1. The number of rotatable bonds is 12. The molecule has 0 unspecified atom stereocenters. The molecule has 4 aromatic rings. The molecule has 0 saturated heterocycles. The summed E-state index contributed by atoms with van der Waals surface area (Å²) in [5, 5.41) is 3.61. The van der Waals surface area contributed by atoms with Crippen LogP contribution in [0.15, 0.2) is 72.8 Å². The number of para-hydroxylation sites is 2. The number of nitrogens with one attached hydrogen (secondary N) is 1. The predicted octanol–water partition coefficient (Wildman–Crippen LogP) is 7.03. The van der Waals surface area contributed by atoms with E-state index in [0.717, 1.165) is 54.8 Å². The highest BCUT2D eigenvalue weighted by Crippen LogP contribution is 2.20. The van der Waals surface area contributed by atoms with E-state index in [9.17, 15) is 4.79 Å². The number of aromatic nitrogens is 2. The molecule has 6 heteroatoms. The van der Waals surface area contributed by atoms with E-state index in [2.05, 4.69) is 54.1 Å². The number of fused-ring (bicyclic) bond motifs is 1. The van der Waals surface area contributed by atoms with Crippen LogP contribution in [0.25, 0.3) is 11.0 Å². The van der Waals surface area contributed by atoms with Crippen molar-refractivity contribution in [2.45, 2.75) is 52.0 Å². The number of halogens is 1. The van der Waals surface area contributed by atoms with Gasteiger partial charge in [-0.25, -0.2) is 4.98 Å². The molecule has 0 aliphatic heterocycles. The highest BCUT2D eigenvalue weighted by atomic mass is 35.5. The van der Waals surface area contributed by atoms with E-state index in [1.807, 2.05) is 18.2 Å². The summed E-state index contributed by atoms with van der Waals surface area (Å²) < 4.78 is 8.32. The second-order valence-corrected chi connectivity index (χ2v) is 9.75. The van der Waals surface area contributed by atoms with Crippen molar-refractivity contribution in [3.63, 3.8) is 0 Å². The Labute approximate surface area is 218 Å². The minimum atomic E-state index is -0.0627. The van der Waals surface area contributed by atoms with Gasteiger partial charge in [0.05, 0.1) is 17.6 Å². The summed E-state index contributed by atoms with van der Waals surface area (Å²) in [7, 11) is 0. The van der Waals surface area contributed by atoms with E-state index in [1.54, 1.807) is 24.3 Å². The van der Waals surface area contributed by atoms with E-state index in [4.69, 9.17) is 21.3 Å². The average molecular weight is 504 g/mol. The fraction of sp³-hybridized carbons (Fsp3) is 0.333. The zero-order valence-corrected chi connectivity index (χ0v) is 21.8. The molecule has 0 atom stereocenters. The topological polar surface area (TPSA) is 56.1 Å². The lowest BCUT2D eigenvalue weighted by Crippen LogP contribution is -2.24. The molecule has 4 rings (SSSR count). The molecule has 5 nitrogen and oxygen atoms in total. The molecule has 1 N–H and O–H groups in total. The average Bonchev–Trinajstić information content (AvgIpc) is 3.24. The molecular weight excluding hydrogens is 470 g/mol. The molecule has 0 saturated carbocycles. The van der Waals surface area contributed by atoms with Gasteiger partial charge in [-0.15, -0.1) is 0 Å². The first-order valence-corrected chi connectivity index (χ1v) is 13.1. The third kappa shape index (κ3) is 6.88. The van der Waals surface area contributed by atoms with Gasteiger partial charge in [0, 0.05) is 23.6 Å². The van der Waals surface area contributed by atoms with E-state index < -0.39 is 0 Å². The lowest BCUT2D eigenvalue weighted by molar-refractivity contribution is 0.0953. The number of ether oxygens (including phenoxy) is 1. The second kappa shape index (κ2) is 12.6. The standard InChI is InChI=1S/C30H34ClN3O2/c1-22(2)23-13-17-26(18-14-23)36-21-20-34-28-9-6-5-8-27(28)33-29(34)10-4-3-7-19-32-30(35)24-11-15-25(31)16-12-24/h5-6,8-9,11-18,22H,3-4,7,10,19-21H2,1-2H3,(H,32,35). The summed E-state index contributed by atoms with van der Waals surface area (Å²) in [5.74, 6) is 2.43. The lowest BCUT2D eigenvalue weighted by atomic mass is 10.0. The van der Waals surface area contributed by atoms with Crippen LogP contribution in [0.3, 0.4) is 0 Å². The van der Waals surface area contributed by atoms with Gasteiger partial charge in [0.1, 0.15) is 18.2 Å². The highest BCUT2D eigenvalue weighted by Gasteiger charge is 2.11. The first-order valence-electron chi connectivity index (χ1n) is 12.7. The maximum Gasteiger partial charge on any atom is 0.251 e. The van der Waals surface area contributed by atoms with Crippen molar-refractivity contribution in [3.8, 4) is 5.75 Å². The van der Waals surface area contributed by atoms with Crippen molar-refractivity contribution in [3.05, 3.63) is 94.8 Å². The molecule has 3 aromatic carbocycles. The number of amides is 1. The highest BCUT2D eigenvalue weighted by molar-refractivity contribution is 6.30. The molecule has 1 heterocycles. The molecular formula is C30H34ClN3O2. The molecule has 0 aliphatic rings. The number of aryl methyl sites for hydroxylation is 1. The first-order chi connectivity index (χ1) is 17.5. The summed E-state index contributed by atoms with van der Waals surface area (Å²) in [5.41, 5.74) is 4.10. The Balaban J connectivity index is 1.26. The molecule has 1 amide bonds. The van der Waals surface area contributed by atoms with Crippen molar-refractivity contribution >= 4 is 28.5 Å². The predicted molar refractivity (Wildman–Crippen MR) is 147 cm³/mol. The van der Waals surface area contributed by atoms with E-state index in [1.165, 1.54) is 5.56 Å². The van der Waals surface area contributed by atoms with E-state index in [0.29, 0.717) is 29.7 Å². The lowest BCUT2D eigenvalue weighted by Gasteiger charge is -2.12. The largest absolute Gasteiger partial charge is 0.492 e. The Morgan fingerprint density at radius 2 is 1.72 bits per heavy atom. The Kier molecular flexibility index (Phi) is 9.01. The van der Waals surface area contributed by atoms with Crippen molar-refractivity contribution in [2.24, 2.45) is 0 Å². The Morgan fingerprint density at radius 3 is 2.47 bits per heavy atom. The maximum absolute atomic E-state index is 12.2. The maximum atomic E-state index is 12.2. The first kappa shape index (κ1) is 25.8. The fourth-order valence-electron chi connectivity index (χ4n) is 4.26. The van der Waals surface area contributed by atoms with Gasteiger partial charge in [-0.1, -0.05) is 56.1 Å². The van der Waals surface area contributed by atoms with Gasteiger partial charge in [0.2, 0.25) is 0 Å². The zero-order chi connectivity index (χ0) is 25.3. The van der Waals surface area contributed by atoms with Crippen LogP contribution in [0.2, 0.25) is 5.02 Å². The van der Waals surface area contributed by atoms with Crippen LogP contribution < -0.4 is 10.1 Å². The van der Waals surface area contributed by atoms with Crippen molar-refractivity contribution in [1.29, 1.82) is 0 Å². The van der Waals surface area contributed by atoms with Crippen LogP contribution >= 0.6 is 11.6 Å². The SMILES string of the molecule is CC(C)c1ccc(OCCn2c(CCCCCNC(=O)c3ccc(Cl)cc3)nc3ccccc32)cc1. The summed E-state index contributed by atoms with van der Waals surface area (Å²) in [4.78, 5) is 17.1. The summed E-state index contributed by atoms with van der Waals surface area (Å²) in [6.07, 6.45) is 3.85. The monoisotopic (exact) mass is 503 g/mol. The number of imidazole rings is 1. The molecule has 0 radical (unpaired) electrons. The summed E-state index contributed by atoms with van der Waals surface area (Å²) in [6, 6.07) is 23.6. The molecule has 1 aromatic heterocycles. The van der Waals surface area contributed by atoms with Crippen LogP contribution in [-0.4, -0.2) is 28.6 Å². The molecule has 0 fully saturated rings. The second-order valence-electron chi connectivity index (χ2n) is 9.31. The molecule has 0 bridgehead atoms. The van der Waals surface area contributed by atoms with Crippen LogP contribution in [-0.2, 0) is 13.0 Å². The third-order valence-corrected chi connectivity index (χ3v) is 6.59. The smallest absolute Gasteiger partial charge is 0.251 e. The number of hydrogen-bond acceptors (Lipinski definition) is 3. The molecule has 36 heavy (non-hydrogen) atoms. The van der Waals surface area contributed by atoms with Crippen molar-refractivity contribution in [2.75, 3.05) is 13.2 Å². The number of nitrogens with zero attached hydrogens (tertiary/aromatic N) is 2. The Morgan fingerprint density at radius 1 is 0.972 bits per heavy atom. The van der Waals surface area contributed by atoms with Gasteiger partial charge in [0.25, 0.3) is 5.91 Å². The van der Waals surface area contributed by atoms with E-state index in [-0.39, 0.29) is 5.91 Å². The van der Waals surface area contributed by atoms with Gasteiger partial charge in [-0.05, 0) is 72.9 Å². The van der Waals surface area contributed by atoms with E-state index >= 15 is 0 Å². The number of benzene rings is 3. The summed E-state index contributed by atoms with van der Waals surface area (Å²) in [6.45, 7) is 6.38.